The van der Waals surface area contributed by atoms with Crippen molar-refractivity contribution in [3.8, 4) is 0 Å². The van der Waals surface area contributed by atoms with E-state index in [9.17, 15) is 10.1 Å². The maximum absolute atomic E-state index is 11.0. The molecule has 0 saturated carbocycles. The maximum Gasteiger partial charge on any atom is 0.332 e. The predicted molar refractivity (Wildman–Crippen MR) is 67.8 cm³/mol. The van der Waals surface area contributed by atoms with Gasteiger partial charge in [0, 0.05) is 7.05 Å². The summed E-state index contributed by atoms with van der Waals surface area (Å²) in [6.45, 7) is 3.30. The second-order valence-electron chi connectivity index (χ2n) is 3.77. The summed E-state index contributed by atoms with van der Waals surface area (Å²) in [7, 11) is 1.63. The lowest BCUT2D eigenvalue weighted by Gasteiger charge is -2.15. The molecule has 0 aliphatic heterocycles. The first-order chi connectivity index (χ1) is 8.53. The van der Waals surface area contributed by atoms with Gasteiger partial charge in [-0.05, 0) is 13.3 Å². The number of aliphatic hydroxyl groups is 1. The Bertz CT molecular complexity index is 434. The van der Waals surface area contributed by atoms with Gasteiger partial charge < -0.3 is 15.7 Å². The van der Waals surface area contributed by atoms with Crippen LogP contribution in [0.3, 0.4) is 0 Å². The molecule has 0 fully saturated rings. The van der Waals surface area contributed by atoms with Crippen LogP contribution < -0.4 is 10.6 Å². The quantitative estimate of drug-likeness (QED) is 0.511. The molecule has 0 aliphatic rings. The molecule has 1 aromatic heterocycles. The van der Waals surface area contributed by atoms with Gasteiger partial charge in [-0.1, -0.05) is 6.92 Å². The fraction of sp³-hybridized carbons (Fsp3) is 0.600. The van der Waals surface area contributed by atoms with Crippen molar-refractivity contribution in [2.75, 3.05) is 24.3 Å². The van der Waals surface area contributed by atoms with Crippen molar-refractivity contribution in [1.82, 2.24) is 9.97 Å². The number of hydrogen-bond donors (Lipinski definition) is 3. The summed E-state index contributed by atoms with van der Waals surface area (Å²) in [5.74, 6) is 0.422. The van der Waals surface area contributed by atoms with Gasteiger partial charge in [-0.25, -0.2) is 4.98 Å². The lowest BCUT2D eigenvalue weighted by Crippen LogP contribution is -2.24. The molecular formula is C10H17N5O3. The highest BCUT2D eigenvalue weighted by molar-refractivity contribution is 5.61. The van der Waals surface area contributed by atoms with Crippen LogP contribution in [0.15, 0.2) is 0 Å². The average molecular weight is 255 g/mol. The first kappa shape index (κ1) is 14.1. The van der Waals surface area contributed by atoms with Gasteiger partial charge in [-0.3, -0.25) is 10.1 Å². The van der Waals surface area contributed by atoms with E-state index in [0.717, 1.165) is 0 Å². The van der Waals surface area contributed by atoms with Crippen LogP contribution in [0.1, 0.15) is 19.0 Å². The monoisotopic (exact) mass is 255 g/mol. The molecule has 1 unspecified atom stereocenters. The summed E-state index contributed by atoms with van der Waals surface area (Å²) in [6.07, 6.45) is 0.631. The SMILES string of the molecule is CCC(CO)Nc1nc(NC)nc(C)c1[N+](=O)[O-]. The maximum atomic E-state index is 11.0. The highest BCUT2D eigenvalue weighted by atomic mass is 16.6. The summed E-state index contributed by atoms with van der Waals surface area (Å²) in [6, 6.07) is -0.275. The Labute approximate surface area is 105 Å². The first-order valence-electron chi connectivity index (χ1n) is 5.61. The number of aromatic nitrogens is 2. The molecule has 1 rings (SSSR count). The number of aliphatic hydroxyl groups excluding tert-OH is 1. The minimum atomic E-state index is -0.527. The Morgan fingerprint density at radius 2 is 2.17 bits per heavy atom. The van der Waals surface area contributed by atoms with E-state index in [1.165, 1.54) is 0 Å². The largest absolute Gasteiger partial charge is 0.394 e. The Morgan fingerprint density at radius 3 is 2.61 bits per heavy atom. The van der Waals surface area contributed by atoms with Gasteiger partial charge in [0.2, 0.25) is 11.8 Å². The molecule has 0 radical (unpaired) electrons. The first-order valence-corrected chi connectivity index (χ1v) is 5.61. The molecule has 3 N–H and O–H groups in total. The molecule has 0 spiro atoms. The van der Waals surface area contributed by atoms with E-state index < -0.39 is 4.92 Å². The summed E-state index contributed by atoms with van der Waals surface area (Å²) in [5.41, 5.74) is 0.107. The van der Waals surface area contributed by atoms with Crippen LogP contribution in [0.25, 0.3) is 0 Å². The minimum Gasteiger partial charge on any atom is -0.394 e. The van der Waals surface area contributed by atoms with Crippen LogP contribution in [0.4, 0.5) is 17.5 Å². The number of anilines is 2. The second-order valence-corrected chi connectivity index (χ2v) is 3.77. The summed E-state index contributed by atoms with van der Waals surface area (Å²) >= 11 is 0. The third kappa shape index (κ3) is 3.04. The summed E-state index contributed by atoms with van der Waals surface area (Å²) < 4.78 is 0. The third-order valence-electron chi connectivity index (χ3n) is 2.52. The zero-order valence-electron chi connectivity index (χ0n) is 10.6. The van der Waals surface area contributed by atoms with Gasteiger partial charge in [-0.15, -0.1) is 0 Å². The Morgan fingerprint density at radius 1 is 1.50 bits per heavy atom. The van der Waals surface area contributed by atoms with Crippen molar-refractivity contribution in [2.45, 2.75) is 26.3 Å². The van der Waals surface area contributed by atoms with E-state index in [1.807, 2.05) is 6.92 Å². The van der Waals surface area contributed by atoms with Crippen LogP contribution in [0.5, 0.6) is 0 Å². The van der Waals surface area contributed by atoms with Crippen LogP contribution in [0.2, 0.25) is 0 Å². The lowest BCUT2D eigenvalue weighted by atomic mass is 10.2. The van der Waals surface area contributed by atoms with Gasteiger partial charge in [0.05, 0.1) is 17.6 Å². The zero-order valence-corrected chi connectivity index (χ0v) is 10.6. The summed E-state index contributed by atoms with van der Waals surface area (Å²) in [4.78, 5) is 18.5. The molecule has 18 heavy (non-hydrogen) atoms. The normalized spacial score (nSPS) is 12.0. The Hall–Kier alpha value is -1.96. The fourth-order valence-electron chi connectivity index (χ4n) is 1.47. The van der Waals surface area contributed by atoms with Gasteiger partial charge in [0.25, 0.3) is 0 Å². The van der Waals surface area contributed by atoms with Crippen LogP contribution >= 0.6 is 0 Å². The van der Waals surface area contributed by atoms with E-state index in [2.05, 4.69) is 20.6 Å². The van der Waals surface area contributed by atoms with E-state index in [0.29, 0.717) is 12.4 Å². The number of rotatable bonds is 6. The number of hydrogen-bond acceptors (Lipinski definition) is 7. The molecular weight excluding hydrogens is 238 g/mol. The highest BCUT2D eigenvalue weighted by Crippen LogP contribution is 2.27. The van der Waals surface area contributed by atoms with Crippen molar-refractivity contribution in [1.29, 1.82) is 0 Å². The molecule has 1 atom stereocenters. The molecule has 0 aliphatic carbocycles. The summed E-state index contributed by atoms with van der Waals surface area (Å²) in [5, 5.41) is 25.7. The predicted octanol–water partition coefficient (Wildman–Crippen LogP) is 0.918. The molecule has 0 amide bonds. The van der Waals surface area contributed by atoms with Gasteiger partial charge >= 0.3 is 5.69 Å². The minimum absolute atomic E-state index is 0.119. The standard InChI is InChI=1S/C10H17N5O3/c1-4-7(5-16)13-9-8(15(17)18)6(2)12-10(11-3)14-9/h7,16H,4-5H2,1-3H3,(H2,11,12,13,14). The fourth-order valence-corrected chi connectivity index (χ4v) is 1.47. The topological polar surface area (TPSA) is 113 Å². The van der Waals surface area contributed by atoms with Crippen molar-refractivity contribution < 1.29 is 10.0 Å². The van der Waals surface area contributed by atoms with E-state index in [4.69, 9.17) is 5.11 Å². The molecule has 0 saturated heterocycles. The molecule has 1 aromatic rings. The molecule has 8 heteroatoms. The van der Waals surface area contributed by atoms with Crippen molar-refractivity contribution in [2.24, 2.45) is 0 Å². The van der Waals surface area contributed by atoms with E-state index >= 15 is 0 Å². The van der Waals surface area contributed by atoms with Crippen LogP contribution in [-0.4, -0.2) is 39.7 Å². The molecule has 8 nitrogen and oxygen atoms in total. The molecule has 0 bridgehead atoms. The van der Waals surface area contributed by atoms with Gasteiger partial charge in [0.1, 0.15) is 5.69 Å². The van der Waals surface area contributed by atoms with Crippen LogP contribution in [-0.2, 0) is 0 Å². The zero-order chi connectivity index (χ0) is 13.7. The van der Waals surface area contributed by atoms with Gasteiger partial charge in [-0.2, -0.15) is 4.98 Å². The van der Waals surface area contributed by atoms with Crippen molar-refractivity contribution >= 4 is 17.5 Å². The van der Waals surface area contributed by atoms with E-state index in [1.54, 1.807) is 14.0 Å². The van der Waals surface area contributed by atoms with Crippen LogP contribution in [0, 0.1) is 17.0 Å². The number of nitro groups is 1. The molecule has 1 heterocycles. The number of nitrogens with zero attached hydrogens (tertiary/aromatic N) is 3. The number of nitrogens with one attached hydrogen (secondary N) is 2. The second kappa shape index (κ2) is 6.10. The van der Waals surface area contributed by atoms with Crippen molar-refractivity contribution in [3.05, 3.63) is 15.8 Å². The smallest absolute Gasteiger partial charge is 0.332 e. The third-order valence-corrected chi connectivity index (χ3v) is 2.52. The highest BCUT2D eigenvalue weighted by Gasteiger charge is 2.23. The Kier molecular flexibility index (Phi) is 4.78. The number of aryl methyl sites for hydroxylation is 1. The molecule has 100 valence electrons. The Balaban J connectivity index is 3.20. The van der Waals surface area contributed by atoms with Gasteiger partial charge in [0.15, 0.2) is 0 Å². The lowest BCUT2D eigenvalue weighted by molar-refractivity contribution is -0.385. The molecule has 0 aromatic carbocycles. The van der Waals surface area contributed by atoms with E-state index in [-0.39, 0.29) is 29.8 Å². The average Bonchev–Trinajstić information content (AvgIpc) is 2.34. The van der Waals surface area contributed by atoms with Crippen molar-refractivity contribution in [3.63, 3.8) is 0 Å².